The van der Waals surface area contributed by atoms with E-state index >= 15 is 0 Å². The van der Waals surface area contributed by atoms with Gasteiger partial charge in [-0.2, -0.15) is 4.98 Å². The third kappa shape index (κ3) is 5.59. The molecule has 2 aromatic heterocycles. The summed E-state index contributed by atoms with van der Waals surface area (Å²) in [5, 5.41) is 9.45. The Hall–Kier alpha value is -4.66. The first-order valence-corrected chi connectivity index (χ1v) is 13.7. The summed E-state index contributed by atoms with van der Waals surface area (Å²) in [4.78, 5) is 31.0. The van der Waals surface area contributed by atoms with Gasteiger partial charge in [-0.05, 0) is 48.1 Å². The zero-order valence-electron chi connectivity index (χ0n) is 23.0. The summed E-state index contributed by atoms with van der Waals surface area (Å²) in [5.41, 5.74) is 3.49. The number of rotatable bonds is 10. The zero-order chi connectivity index (χ0) is 29.2. The molecule has 2 atom stereocenters. The van der Waals surface area contributed by atoms with E-state index in [0.717, 1.165) is 41.9 Å². The second-order valence-corrected chi connectivity index (χ2v) is 10.6. The van der Waals surface area contributed by atoms with Crippen LogP contribution in [0.25, 0.3) is 21.5 Å². The molecule has 6 rings (SSSR count). The number of carbonyl (C=O) groups is 1. The number of methoxy groups -OCH3 is 1. The van der Waals surface area contributed by atoms with E-state index in [1.54, 1.807) is 49.7 Å². The second-order valence-electron chi connectivity index (χ2n) is 10.6. The number of hydrogen-bond acceptors (Lipinski definition) is 7. The van der Waals surface area contributed by atoms with E-state index in [9.17, 15) is 14.3 Å². The van der Waals surface area contributed by atoms with Gasteiger partial charge < -0.3 is 19.1 Å². The number of carboxylic acid groups (broad SMARTS) is 1. The van der Waals surface area contributed by atoms with E-state index in [1.165, 1.54) is 6.07 Å². The first kappa shape index (κ1) is 27.5. The van der Waals surface area contributed by atoms with E-state index in [0.29, 0.717) is 48.8 Å². The Labute approximate surface area is 241 Å². The standard InChI is InChI=1S/C31H29FN6O4/c1-33-24-5-3-20(25(32)14-24)18-42-29-7-8-34-30(36-29)21-11-22-15-37(16-23(22)12-21)17-28-35-26-6-4-19(31(39)40)13-27(26)38(28)9-10-41-2/h3-8,11,13-14,22-23H,9-10,12,15-18H2,2H3,(H,39,40). The largest absolute Gasteiger partial charge is 0.478 e. The molecule has 0 amide bonds. The fraction of sp³-hybridized carbons (Fsp3) is 0.323. The molecule has 2 aromatic carbocycles. The van der Waals surface area contributed by atoms with Crippen LogP contribution in [0.15, 0.2) is 54.7 Å². The number of allylic oxidation sites excluding steroid dienone is 1. The number of aromatic nitrogens is 4. The van der Waals surface area contributed by atoms with Crippen molar-refractivity contribution in [3.05, 3.63) is 94.7 Å². The van der Waals surface area contributed by atoms with Gasteiger partial charge >= 0.3 is 5.97 Å². The van der Waals surface area contributed by atoms with Crippen LogP contribution in [0.2, 0.25) is 0 Å². The van der Waals surface area contributed by atoms with Gasteiger partial charge in [-0.1, -0.05) is 18.2 Å². The van der Waals surface area contributed by atoms with E-state index < -0.39 is 11.8 Å². The van der Waals surface area contributed by atoms with Crippen LogP contribution >= 0.6 is 0 Å². The lowest BCUT2D eigenvalue weighted by Crippen LogP contribution is -2.24. The lowest BCUT2D eigenvalue weighted by molar-refractivity contribution is 0.0697. The summed E-state index contributed by atoms with van der Waals surface area (Å²) in [7, 11) is 1.65. The number of benzene rings is 2. The maximum absolute atomic E-state index is 14.2. The molecule has 2 aliphatic rings. The molecule has 1 saturated heterocycles. The van der Waals surface area contributed by atoms with Gasteiger partial charge in [0.1, 0.15) is 18.2 Å². The lowest BCUT2D eigenvalue weighted by Gasteiger charge is -2.17. The molecule has 0 saturated carbocycles. The van der Waals surface area contributed by atoms with Gasteiger partial charge in [0.2, 0.25) is 5.88 Å². The maximum Gasteiger partial charge on any atom is 0.335 e. The highest BCUT2D eigenvalue weighted by molar-refractivity contribution is 5.92. The van der Waals surface area contributed by atoms with Crippen molar-refractivity contribution in [1.29, 1.82) is 0 Å². The quantitative estimate of drug-likeness (QED) is 0.267. The fourth-order valence-electron chi connectivity index (χ4n) is 5.81. The molecule has 2 unspecified atom stereocenters. The number of aromatic carboxylic acids is 1. The van der Waals surface area contributed by atoms with Crippen LogP contribution in [-0.4, -0.2) is 62.3 Å². The number of likely N-dealkylation sites (tertiary alicyclic amines) is 1. The topological polar surface area (TPSA) is 107 Å². The summed E-state index contributed by atoms with van der Waals surface area (Å²) >= 11 is 0. The molecule has 10 nitrogen and oxygen atoms in total. The molecule has 1 N–H and O–H groups in total. The molecule has 0 bridgehead atoms. The lowest BCUT2D eigenvalue weighted by atomic mass is 10.00. The van der Waals surface area contributed by atoms with Crippen LogP contribution in [0.3, 0.4) is 0 Å². The van der Waals surface area contributed by atoms with Crippen molar-refractivity contribution in [2.24, 2.45) is 11.8 Å². The van der Waals surface area contributed by atoms with E-state index in [1.807, 2.05) is 0 Å². The Morgan fingerprint density at radius 1 is 1.19 bits per heavy atom. The van der Waals surface area contributed by atoms with Crippen LogP contribution < -0.4 is 4.74 Å². The molecule has 0 spiro atoms. The van der Waals surface area contributed by atoms with E-state index in [2.05, 4.69) is 30.4 Å². The van der Waals surface area contributed by atoms with Crippen molar-refractivity contribution in [1.82, 2.24) is 24.4 Å². The Balaban J connectivity index is 1.13. The van der Waals surface area contributed by atoms with Crippen LogP contribution in [-0.2, 0) is 24.4 Å². The molecule has 3 heterocycles. The Bertz CT molecular complexity index is 1730. The van der Waals surface area contributed by atoms with Crippen molar-refractivity contribution in [2.75, 3.05) is 26.8 Å². The fourth-order valence-corrected chi connectivity index (χ4v) is 5.81. The number of imidazole rings is 1. The van der Waals surface area contributed by atoms with Crippen LogP contribution in [0.4, 0.5) is 10.1 Å². The summed E-state index contributed by atoms with van der Waals surface area (Å²) in [6, 6.07) is 11.0. The van der Waals surface area contributed by atoms with E-state index in [-0.39, 0.29) is 17.9 Å². The van der Waals surface area contributed by atoms with Crippen molar-refractivity contribution in [3.63, 3.8) is 0 Å². The van der Waals surface area contributed by atoms with Gasteiger partial charge in [0.15, 0.2) is 11.5 Å². The zero-order valence-corrected chi connectivity index (χ0v) is 23.0. The summed E-state index contributed by atoms with van der Waals surface area (Å²) in [5.74, 6) is 1.23. The first-order chi connectivity index (χ1) is 20.4. The second kappa shape index (κ2) is 11.7. The van der Waals surface area contributed by atoms with Gasteiger partial charge in [-0.15, -0.1) is 0 Å². The summed E-state index contributed by atoms with van der Waals surface area (Å²) in [6.45, 7) is 10.5. The monoisotopic (exact) mass is 568 g/mol. The number of nitrogens with zero attached hydrogens (tertiary/aromatic N) is 6. The Kier molecular flexibility index (Phi) is 7.65. The van der Waals surface area contributed by atoms with Crippen molar-refractivity contribution in [2.45, 2.75) is 26.1 Å². The van der Waals surface area contributed by atoms with Crippen LogP contribution in [0, 0.1) is 24.2 Å². The van der Waals surface area contributed by atoms with Gasteiger partial charge in [-0.3, -0.25) is 4.90 Å². The molecule has 1 fully saturated rings. The van der Waals surface area contributed by atoms with E-state index in [4.69, 9.17) is 21.0 Å². The molecular weight excluding hydrogens is 539 g/mol. The number of fused-ring (bicyclic) bond motifs is 2. The Morgan fingerprint density at radius 2 is 2.07 bits per heavy atom. The smallest absolute Gasteiger partial charge is 0.335 e. The summed E-state index contributed by atoms with van der Waals surface area (Å²) in [6.07, 6.45) is 4.75. The maximum atomic E-state index is 14.2. The van der Waals surface area contributed by atoms with Crippen molar-refractivity contribution >= 4 is 28.3 Å². The highest BCUT2D eigenvalue weighted by Crippen LogP contribution is 2.40. The minimum atomic E-state index is -0.963. The van der Waals surface area contributed by atoms with Crippen LogP contribution in [0.1, 0.15) is 34.0 Å². The average Bonchev–Trinajstić information content (AvgIpc) is 3.66. The molecule has 1 aliphatic carbocycles. The average molecular weight is 569 g/mol. The van der Waals surface area contributed by atoms with Gasteiger partial charge in [0, 0.05) is 44.6 Å². The highest BCUT2D eigenvalue weighted by atomic mass is 19.1. The third-order valence-corrected chi connectivity index (χ3v) is 7.88. The predicted molar refractivity (Wildman–Crippen MR) is 152 cm³/mol. The molecule has 4 aromatic rings. The molecule has 214 valence electrons. The number of halogens is 1. The molecule has 0 radical (unpaired) electrons. The number of hydrogen-bond donors (Lipinski definition) is 1. The number of carboxylic acids is 1. The highest BCUT2D eigenvalue weighted by Gasteiger charge is 2.37. The normalized spacial score (nSPS) is 18.2. The molecule has 42 heavy (non-hydrogen) atoms. The molecule has 1 aliphatic heterocycles. The van der Waals surface area contributed by atoms with Crippen LogP contribution in [0.5, 0.6) is 5.88 Å². The molecule has 11 heteroatoms. The summed E-state index contributed by atoms with van der Waals surface area (Å²) < 4.78 is 27.4. The molecular formula is C31H29FN6O4. The predicted octanol–water partition coefficient (Wildman–Crippen LogP) is 4.98. The van der Waals surface area contributed by atoms with Crippen molar-refractivity contribution < 1.29 is 23.8 Å². The Morgan fingerprint density at radius 3 is 2.83 bits per heavy atom. The third-order valence-electron chi connectivity index (χ3n) is 7.88. The minimum absolute atomic E-state index is 0.00655. The first-order valence-electron chi connectivity index (χ1n) is 13.7. The van der Waals surface area contributed by atoms with Crippen molar-refractivity contribution in [3.8, 4) is 5.88 Å². The van der Waals surface area contributed by atoms with Gasteiger partial charge in [0.05, 0.1) is 36.3 Å². The SMILES string of the molecule is [C-]#[N+]c1ccc(COc2ccnc(C3=CC4CN(Cc5nc6ccc(C(=O)O)cc6n5CCOC)CC4C3)n2)c(F)c1. The number of ether oxygens (including phenoxy) is 2. The van der Waals surface area contributed by atoms with Gasteiger partial charge in [-0.25, -0.2) is 24.0 Å². The minimum Gasteiger partial charge on any atom is -0.478 e. The van der Waals surface area contributed by atoms with Gasteiger partial charge in [0.25, 0.3) is 0 Å².